The van der Waals surface area contributed by atoms with Crippen LogP contribution in [0.5, 0.6) is 5.75 Å². The second-order valence-electron chi connectivity index (χ2n) is 6.07. The molecular formula is C17H19BrN2O5. The van der Waals surface area contributed by atoms with Gasteiger partial charge < -0.3 is 14.4 Å². The number of ether oxygens (including phenoxy) is 2. The number of amides is 3. The smallest absolute Gasteiger partial charge is 0.417 e. The first-order chi connectivity index (χ1) is 12.0. The van der Waals surface area contributed by atoms with Crippen molar-refractivity contribution < 1.29 is 23.9 Å². The van der Waals surface area contributed by atoms with E-state index in [-0.39, 0.29) is 24.5 Å². The van der Waals surface area contributed by atoms with E-state index in [0.29, 0.717) is 32.4 Å². The maximum atomic E-state index is 12.4. The molecule has 1 aromatic carbocycles. The molecule has 3 rings (SSSR count). The highest BCUT2D eigenvalue weighted by molar-refractivity contribution is 9.10. The molecule has 2 aliphatic rings. The summed E-state index contributed by atoms with van der Waals surface area (Å²) in [6.45, 7) is 0.731. The summed E-state index contributed by atoms with van der Waals surface area (Å²) in [4.78, 5) is 38.6. The number of hydrogen-bond acceptors (Lipinski definition) is 5. The molecule has 2 saturated heterocycles. The highest BCUT2D eigenvalue weighted by Crippen LogP contribution is 2.26. The van der Waals surface area contributed by atoms with Crippen LogP contribution >= 0.6 is 15.9 Å². The number of imide groups is 1. The minimum atomic E-state index is -0.604. The van der Waals surface area contributed by atoms with Crippen molar-refractivity contribution in [2.24, 2.45) is 0 Å². The lowest BCUT2D eigenvalue weighted by molar-refractivity contribution is -0.131. The molecular weight excluding hydrogens is 392 g/mol. The summed E-state index contributed by atoms with van der Waals surface area (Å²) < 4.78 is 10.8. The summed E-state index contributed by atoms with van der Waals surface area (Å²) in [6.07, 6.45) is 0.991. The Kier molecular flexibility index (Phi) is 5.27. The number of methoxy groups -OCH3 is 1. The average molecular weight is 411 g/mol. The van der Waals surface area contributed by atoms with Crippen LogP contribution < -0.4 is 4.74 Å². The van der Waals surface area contributed by atoms with Gasteiger partial charge in [-0.3, -0.25) is 9.59 Å². The Hall–Kier alpha value is -2.09. The van der Waals surface area contributed by atoms with Crippen LogP contribution in [0.3, 0.4) is 0 Å². The molecule has 0 aliphatic carbocycles. The molecule has 0 saturated carbocycles. The molecule has 2 aliphatic heterocycles. The van der Waals surface area contributed by atoms with E-state index in [1.54, 1.807) is 12.0 Å². The molecule has 1 atom stereocenters. The highest BCUT2D eigenvalue weighted by atomic mass is 79.9. The number of carbonyl (C=O) groups excluding carboxylic acids is 3. The van der Waals surface area contributed by atoms with Crippen LogP contribution in [0.4, 0.5) is 4.79 Å². The third kappa shape index (κ3) is 3.78. The summed E-state index contributed by atoms with van der Waals surface area (Å²) >= 11 is 3.44. The number of aryl methyl sites for hydroxylation is 1. The van der Waals surface area contributed by atoms with Crippen LogP contribution in [0.25, 0.3) is 0 Å². The standard InChI is InChI=1S/C17H19BrN2O5/c1-24-14-4-2-11(8-13(14)18)3-5-15(21)19-7-6-12(9-19)20-16(22)10-25-17(20)23/h2,4,8,12H,3,5-7,9-10H2,1H3. The van der Waals surface area contributed by atoms with Gasteiger partial charge in [-0.1, -0.05) is 6.07 Å². The van der Waals surface area contributed by atoms with Crippen molar-refractivity contribution in [2.75, 3.05) is 26.8 Å². The number of cyclic esters (lactones) is 1. The zero-order valence-electron chi connectivity index (χ0n) is 13.9. The fourth-order valence-electron chi connectivity index (χ4n) is 3.17. The van der Waals surface area contributed by atoms with Gasteiger partial charge in [-0.2, -0.15) is 0 Å². The van der Waals surface area contributed by atoms with E-state index >= 15 is 0 Å². The van der Waals surface area contributed by atoms with Crippen molar-refractivity contribution in [3.63, 3.8) is 0 Å². The molecule has 1 aromatic rings. The lowest BCUT2D eigenvalue weighted by atomic mass is 10.1. The van der Waals surface area contributed by atoms with Gasteiger partial charge in [0.25, 0.3) is 5.91 Å². The van der Waals surface area contributed by atoms with E-state index in [9.17, 15) is 14.4 Å². The maximum absolute atomic E-state index is 12.4. The third-order valence-corrected chi connectivity index (χ3v) is 5.13. The molecule has 0 bridgehead atoms. The minimum Gasteiger partial charge on any atom is -0.496 e. The highest BCUT2D eigenvalue weighted by Gasteiger charge is 2.41. The Morgan fingerprint density at radius 2 is 2.20 bits per heavy atom. The predicted octanol–water partition coefficient (Wildman–Crippen LogP) is 1.97. The van der Waals surface area contributed by atoms with Crippen LogP contribution in [-0.4, -0.2) is 60.6 Å². The van der Waals surface area contributed by atoms with Crippen LogP contribution in [0, 0.1) is 0 Å². The van der Waals surface area contributed by atoms with Crippen LogP contribution in [0.1, 0.15) is 18.4 Å². The Bertz CT molecular complexity index is 692. The van der Waals surface area contributed by atoms with Crippen LogP contribution in [0.2, 0.25) is 0 Å². The van der Waals surface area contributed by atoms with Crippen LogP contribution in [0.15, 0.2) is 22.7 Å². The molecule has 2 heterocycles. The molecule has 3 amide bonds. The molecule has 8 heteroatoms. The van der Waals surface area contributed by atoms with Gasteiger partial charge in [0.15, 0.2) is 6.61 Å². The van der Waals surface area contributed by atoms with E-state index < -0.39 is 6.09 Å². The summed E-state index contributed by atoms with van der Waals surface area (Å²) in [6, 6.07) is 5.46. The summed E-state index contributed by atoms with van der Waals surface area (Å²) in [5, 5.41) is 0. The molecule has 2 fully saturated rings. The SMILES string of the molecule is COc1ccc(CCC(=O)N2CCC(N3C(=O)COC3=O)C2)cc1Br. The number of halogens is 1. The number of nitrogens with zero attached hydrogens (tertiary/aromatic N) is 2. The van der Waals surface area contributed by atoms with Gasteiger partial charge in [0.1, 0.15) is 5.75 Å². The van der Waals surface area contributed by atoms with Crippen molar-refractivity contribution in [1.82, 2.24) is 9.80 Å². The molecule has 0 aromatic heterocycles. The fraction of sp³-hybridized carbons (Fsp3) is 0.471. The van der Waals surface area contributed by atoms with Gasteiger partial charge in [0.2, 0.25) is 5.91 Å². The number of rotatable bonds is 5. The van der Waals surface area contributed by atoms with Gasteiger partial charge in [0.05, 0.1) is 17.6 Å². The molecule has 0 radical (unpaired) electrons. The molecule has 134 valence electrons. The van der Waals surface area contributed by atoms with Gasteiger partial charge >= 0.3 is 6.09 Å². The van der Waals surface area contributed by atoms with Gasteiger partial charge in [-0.15, -0.1) is 0 Å². The molecule has 25 heavy (non-hydrogen) atoms. The van der Waals surface area contributed by atoms with Crippen molar-refractivity contribution in [1.29, 1.82) is 0 Å². The van der Waals surface area contributed by atoms with Gasteiger partial charge in [0, 0.05) is 19.5 Å². The van der Waals surface area contributed by atoms with Crippen LogP contribution in [-0.2, 0) is 20.7 Å². The number of benzene rings is 1. The minimum absolute atomic E-state index is 0.0226. The Morgan fingerprint density at radius 1 is 1.40 bits per heavy atom. The lowest BCUT2D eigenvalue weighted by Gasteiger charge is -2.20. The van der Waals surface area contributed by atoms with Gasteiger partial charge in [-0.25, -0.2) is 9.69 Å². The third-order valence-electron chi connectivity index (χ3n) is 4.51. The zero-order valence-corrected chi connectivity index (χ0v) is 15.5. The number of hydrogen-bond donors (Lipinski definition) is 0. The van der Waals surface area contributed by atoms with E-state index in [2.05, 4.69) is 15.9 Å². The fourth-order valence-corrected chi connectivity index (χ4v) is 3.76. The molecule has 0 spiro atoms. The largest absolute Gasteiger partial charge is 0.496 e. The summed E-state index contributed by atoms with van der Waals surface area (Å²) in [5.74, 6) is 0.446. The van der Waals surface area contributed by atoms with Crippen molar-refractivity contribution in [3.05, 3.63) is 28.2 Å². The average Bonchev–Trinajstić information content (AvgIpc) is 3.19. The molecule has 1 unspecified atom stereocenters. The van der Waals surface area contributed by atoms with Crippen molar-refractivity contribution >= 4 is 33.8 Å². The normalized spacial score (nSPS) is 20.2. The first-order valence-corrected chi connectivity index (χ1v) is 8.88. The topological polar surface area (TPSA) is 76.2 Å². The predicted molar refractivity (Wildman–Crippen MR) is 92.2 cm³/mol. The van der Waals surface area contributed by atoms with Gasteiger partial charge in [-0.05, 0) is 46.5 Å². The first-order valence-electron chi connectivity index (χ1n) is 8.08. The number of carbonyl (C=O) groups is 3. The van der Waals surface area contributed by atoms with E-state index in [4.69, 9.17) is 9.47 Å². The molecule has 0 N–H and O–H groups in total. The maximum Gasteiger partial charge on any atom is 0.417 e. The Morgan fingerprint density at radius 3 is 2.84 bits per heavy atom. The Balaban J connectivity index is 1.53. The van der Waals surface area contributed by atoms with E-state index in [1.165, 1.54) is 0 Å². The first kappa shape index (κ1) is 17.7. The monoisotopic (exact) mass is 410 g/mol. The lowest BCUT2D eigenvalue weighted by Crippen LogP contribution is -2.42. The Labute approximate surface area is 154 Å². The zero-order chi connectivity index (χ0) is 18.0. The van der Waals surface area contributed by atoms with E-state index in [1.807, 2.05) is 18.2 Å². The quantitative estimate of drug-likeness (QED) is 0.741. The van der Waals surface area contributed by atoms with E-state index in [0.717, 1.165) is 20.7 Å². The van der Waals surface area contributed by atoms with Crippen molar-refractivity contribution in [3.8, 4) is 5.75 Å². The van der Waals surface area contributed by atoms with Crippen molar-refractivity contribution in [2.45, 2.75) is 25.3 Å². The number of likely N-dealkylation sites (tertiary alicyclic amines) is 1. The second kappa shape index (κ2) is 7.43. The second-order valence-corrected chi connectivity index (χ2v) is 6.92. The summed E-state index contributed by atoms with van der Waals surface area (Å²) in [5.41, 5.74) is 1.04. The molecule has 7 nitrogen and oxygen atoms in total. The summed E-state index contributed by atoms with van der Waals surface area (Å²) in [7, 11) is 1.61.